The van der Waals surface area contributed by atoms with Crippen LogP contribution in [0.5, 0.6) is 0 Å². The minimum Gasteiger partial charge on any atom is -0.370 e. The maximum Gasteiger partial charge on any atom is 0.218 e. The second-order valence-corrected chi connectivity index (χ2v) is 6.81. The molecule has 0 radical (unpaired) electrons. The van der Waals surface area contributed by atoms with Crippen LogP contribution >= 0.6 is 0 Å². The fourth-order valence-corrected chi connectivity index (χ4v) is 3.70. The zero-order chi connectivity index (χ0) is 16.9. The molecule has 1 aliphatic heterocycles. The molecule has 1 fully saturated rings. The van der Waals surface area contributed by atoms with Crippen LogP contribution in [0.1, 0.15) is 36.8 Å². The molecule has 0 bridgehead atoms. The van der Waals surface area contributed by atoms with Crippen LogP contribution in [0.3, 0.4) is 0 Å². The van der Waals surface area contributed by atoms with E-state index in [-0.39, 0.29) is 5.91 Å². The van der Waals surface area contributed by atoms with Crippen molar-refractivity contribution in [3.05, 3.63) is 59.7 Å². The molecule has 1 heterocycles. The van der Waals surface area contributed by atoms with Crippen LogP contribution in [-0.2, 0) is 11.3 Å². The molecule has 0 aromatic heterocycles. The second-order valence-electron chi connectivity index (χ2n) is 6.81. The Hall–Kier alpha value is -2.13. The first-order chi connectivity index (χ1) is 11.6. The zero-order valence-electron chi connectivity index (χ0n) is 14.4. The Kier molecular flexibility index (Phi) is 5.31. The van der Waals surface area contributed by atoms with Gasteiger partial charge in [-0.3, -0.25) is 9.69 Å². The van der Waals surface area contributed by atoms with Crippen LogP contribution in [0.25, 0.3) is 11.1 Å². The van der Waals surface area contributed by atoms with Crippen molar-refractivity contribution in [3.8, 4) is 11.1 Å². The lowest BCUT2D eigenvalue weighted by Gasteiger charge is -2.35. The van der Waals surface area contributed by atoms with E-state index in [0.29, 0.717) is 12.5 Å². The Morgan fingerprint density at radius 3 is 2.79 bits per heavy atom. The molecule has 0 unspecified atom stereocenters. The van der Waals surface area contributed by atoms with Gasteiger partial charge in [0, 0.05) is 19.0 Å². The zero-order valence-corrected chi connectivity index (χ0v) is 14.4. The highest BCUT2D eigenvalue weighted by Gasteiger charge is 2.23. The van der Waals surface area contributed by atoms with E-state index < -0.39 is 0 Å². The number of rotatable bonds is 5. The summed E-state index contributed by atoms with van der Waals surface area (Å²) in [6, 6.07) is 17.5. The highest BCUT2D eigenvalue weighted by atomic mass is 16.1. The van der Waals surface area contributed by atoms with Crippen LogP contribution in [0.4, 0.5) is 0 Å². The van der Waals surface area contributed by atoms with Crippen LogP contribution < -0.4 is 5.73 Å². The van der Waals surface area contributed by atoms with Gasteiger partial charge in [-0.15, -0.1) is 0 Å². The van der Waals surface area contributed by atoms with Gasteiger partial charge >= 0.3 is 0 Å². The number of carbonyl (C=O) groups excluding carboxylic acids is 1. The van der Waals surface area contributed by atoms with E-state index >= 15 is 0 Å². The molecule has 24 heavy (non-hydrogen) atoms. The molecular weight excluding hydrogens is 296 g/mol. The standard InChI is InChI=1S/C21H26N2O/c1-16-7-2-3-11-20(16)18-9-6-8-17(13-18)15-23-12-5-4-10-19(23)14-21(22)24/h2-3,6-9,11,13,19H,4-5,10,12,14-15H2,1H3,(H2,22,24)/t19-/m1/s1. The Bertz CT molecular complexity index is 710. The minimum absolute atomic E-state index is 0.194. The van der Waals surface area contributed by atoms with E-state index in [0.717, 1.165) is 19.5 Å². The van der Waals surface area contributed by atoms with E-state index in [1.54, 1.807) is 0 Å². The number of hydrogen-bond acceptors (Lipinski definition) is 2. The number of primary amides is 1. The summed E-state index contributed by atoms with van der Waals surface area (Å²) < 4.78 is 0. The number of carbonyl (C=O) groups is 1. The fourth-order valence-electron chi connectivity index (χ4n) is 3.70. The topological polar surface area (TPSA) is 46.3 Å². The van der Waals surface area contributed by atoms with Gasteiger partial charge in [0.2, 0.25) is 5.91 Å². The Morgan fingerprint density at radius 2 is 2.00 bits per heavy atom. The minimum atomic E-state index is -0.194. The second kappa shape index (κ2) is 7.63. The van der Waals surface area contributed by atoms with E-state index in [1.807, 2.05) is 0 Å². The summed E-state index contributed by atoms with van der Waals surface area (Å²) in [4.78, 5) is 13.8. The smallest absolute Gasteiger partial charge is 0.218 e. The first-order valence-corrected chi connectivity index (χ1v) is 8.81. The van der Waals surface area contributed by atoms with Crippen LogP contribution in [0.2, 0.25) is 0 Å². The lowest BCUT2D eigenvalue weighted by atomic mass is 9.96. The van der Waals surface area contributed by atoms with Gasteiger partial charge in [0.25, 0.3) is 0 Å². The third-order valence-electron chi connectivity index (χ3n) is 4.95. The molecule has 2 N–H and O–H groups in total. The van der Waals surface area contributed by atoms with Gasteiger partial charge in [0.15, 0.2) is 0 Å². The largest absolute Gasteiger partial charge is 0.370 e. The maximum absolute atomic E-state index is 11.3. The summed E-state index contributed by atoms with van der Waals surface area (Å²) in [6.07, 6.45) is 3.93. The Balaban J connectivity index is 1.79. The van der Waals surface area contributed by atoms with Crippen molar-refractivity contribution in [1.29, 1.82) is 0 Å². The molecular formula is C21H26N2O. The van der Waals surface area contributed by atoms with Crippen LogP contribution in [0, 0.1) is 6.92 Å². The van der Waals surface area contributed by atoms with Gasteiger partial charge in [0.05, 0.1) is 0 Å². The SMILES string of the molecule is Cc1ccccc1-c1cccc(CN2CCCC[C@@H]2CC(N)=O)c1. The molecule has 1 saturated heterocycles. The summed E-state index contributed by atoms with van der Waals surface area (Å²) in [7, 11) is 0. The number of amides is 1. The number of likely N-dealkylation sites (tertiary alicyclic amines) is 1. The fraction of sp³-hybridized carbons (Fsp3) is 0.381. The van der Waals surface area contributed by atoms with Gasteiger partial charge in [-0.25, -0.2) is 0 Å². The molecule has 126 valence electrons. The van der Waals surface area contributed by atoms with Crippen molar-refractivity contribution in [2.45, 2.75) is 45.2 Å². The third kappa shape index (κ3) is 4.04. The molecule has 3 rings (SSSR count). The monoisotopic (exact) mass is 322 g/mol. The van der Waals surface area contributed by atoms with Gasteiger partial charge < -0.3 is 5.73 Å². The number of aryl methyl sites for hydroxylation is 1. The first-order valence-electron chi connectivity index (χ1n) is 8.81. The van der Waals surface area contributed by atoms with Crippen molar-refractivity contribution in [1.82, 2.24) is 4.90 Å². The summed E-state index contributed by atoms with van der Waals surface area (Å²) >= 11 is 0. The average molecular weight is 322 g/mol. The number of benzene rings is 2. The molecule has 1 amide bonds. The molecule has 1 aliphatic rings. The lowest BCUT2D eigenvalue weighted by molar-refractivity contribution is -0.119. The number of nitrogens with zero attached hydrogens (tertiary/aromatic N) is 1. The highest BCUT2D eigenvalue weighted by Crippen LogP contribution is 2.26. The average Bonchev–Trinajstić information content (AvgIpc) is 2.57. The van der Waals surface area contributed by atoms with Crippen molar-refractivity contribution < 1.29 is 4.79 Å². The van der Waals surface area contributed by atoms with Crippen molar-refractivity contribution in [2.75, 3.05) is 6.54 Å². The predicted octanol–water partition coefficient (Wildman–Crippen LogP) is 3.89. The third-order valence-corrected chi connectivity index (χ3v) is 4.95. The normalized spacial score (nSPS) is 18.5. The van der Waals surface area contributed by atoms with Crippen molar-refractivity contribution >= 4 is 5.91 Å². The molecule has 2 aromatic carbocycles. The number of hydrogen-bond donors (Lipinski definition) is 1. The van der Waals surface area contributed by atoms with Crippen LogP contribution in [0.15, 0.2) is 48.5 Å². The summed E-state index contributed by atoms with van der Waals surface area (Å²) in [6.45, 7) is 4.08. The molecule has 0 saturated carbocycles. The number of nitrogens with two attached hydrogens (primary N) is 1. The Morgan fingerprint density at radius 1 is 1.17 bits per heavy atom. The van der Waals surface area contributed by atoms with Crippen molar-refractivity contribution in [3.63, 3.8) is 0 Å². The lowest BCUT2D eigenvalue weighted by Crippen LogP contribution is -2.41. The molecule has 0 spiro atoms. The van der Waals surface area contributed by atoms with E-state index in [4.69, 9.17) is 5.73 Å². The number of piperidine rings is 1. The molecule has 2 aromatic rings. The summed E-state index contributed by atoms with van der Waals surface area (Å²) in [5, 5.41) is 0. The van der Waals surface area contributed by atoms with Crippen molar-refractivity contribution in [2.24, 2.45) is 5.73 Å². The van der Waals surface area contributed by atoms with Gasteiger partial charge in [-0.2, -0.15) is 0 Å². The molecule has 3 heteroatoms. The highest BCUT2D eigenvalue weighted by molar-refractivity contribution is 5.74. The van der Waals surface area contributed by atoms with Gasteiger partial charge in [-0.1, -0.05) is 48.9 Å². The quantitative estimate of drug-likeness (QED) is 0.907. The maximum atomic E-state index is 11.3. The summed E-state index contributed by atoms with van der Waals surface area (Å²) in [5.74, 6) is -0.194. The molecule has 0 aliphatic carbocycles. The van der Waals surface area contributed by atoms with Gasteiger partial charge in [-0.05, 0) is 54.6 Å². The van der Waals surface area contributed by atoms with E-state index in [9.17, 15) is 4.79 Å². The Labute approximate surface area is 144 Å². The van der Waals surface area contributed by atoms with E-state index in [1.165, 1.54) is 35.1 Å². The van der Waals surface area contributed by atoms with Gasteiger partial charge in [0.1, 0.15) is 0 Å². The van der Waals surface area contributed by atoms with E-state index in [2.05, 4.69) is 60.4 Å². The predicted molar refractivity (Wildman–Crippen MR) is 98.5 cm³/mol. The first kappa shape index (κ1) is 16.7. The summed E-state index contributed by atoms with van der Waals surface area (Å²) in [5.41, 5.74) is 10.6. The molecule has 1 atom stereocenters. The van der Waals surface area contributed by atoms with Crippen LogP contribution in [-0.4, -0.2) is 23.4 Å². The molecule has 3 nitrogen and oxygen atoms in total.